The molecule has 0 spiro atoms. The first-order valence-electron chi connectivity index (χ1n) is 1.91. The van der Waals surface area contributed by atoms with Gasteiger partial charge in [0.05, 0.1) is 0 Å². The van der Waals surface area contributed by atoms with Gasteiger partial charge in [0, 0.05) is 0 Å². The molecular weight excluding hydrogens is 429 g/mol. The molecule has 0 aromatic rings. The highest BCUT2D eigenvalue weighted by Crippen LogP contribution is 2.39. The number of rotatable bonds is 2. The van der Waals surface area contributed by atoms with E-state index in [1.165, 1.54) is 6.42 Å². The van der Waals surface area contributed by atoms with Crippen LogP contribution in [0.2, 0.25) is 0 Å². The zero-order valence-electron chi connectivity index (χ0n) is 3.92. The number of hydrogen-bond donors (Lipinski definition) is 0. The van der Waals surface area contributed by atoms with Gasteiger partial charge in [0.1, 0.15) is -0.565 Å². The van der Waals surface area contributed by atoms with Gasteiger partial charge in [0.25, 0.3) is 0 Å². The maximum absolute atomic E-state index is 2.42. The second-order valence-corrected chi connectivity index (χ2v) is 12.9. The SMILES string of the molecule is C[CH]CC(I)(I)I. The Bertz CT molecular complexity index is 45.4. The van der Waals surface area contributed by atoms with Crippen LogP contribution in [0.25, 0.3) is 0 Å². The third-order valence-electron chi connectivity index (χ3n) is 0.436. The molecule has 0 nitrogen and oxygen atoms in total. The molecular formula is C4H6I3. The molecule has 0 unspecified atom stereocenters. The maximum Gasteiger partial charge on any atom is 0.124 e. The van der Waals surface area contributed by atoms with Crippen molar-refractivity contribution in [3.63, 3.8) is 0 Å². The lowest BCUT2D eigenvalue weighted by Gasteiger charge is -2.07. The van der Waals surface area contributed by atoms with Gasteiger partial charge in [0.15, 0.2) is 0 Å². The van der Waals surface area contributed by atoms with E-state index >= 15 is 0 Å². The van der Waals surface area contributed by atoms with Crippen LogP contribution in [0.1, 0.15) is 13.3 Å². The van der Waals surface area contributed by atoms with Gasteiger partial charge in [-0.3, -0.25) is 0 Å². The molecule has 0 bridgehead atoms. The third kappa shape index (κ3) is 8.19. The summed E-state index contributed by atoms with van der Waals surface area (Å²) in [5.41, 5.74) is 0. The topological polar surface area (TPSA) is 0 Å². The van der Waals surface area contributed by atoms with Crippen LogP contribution in [0, 0.1) is 6.42 Å². The van der Waals surface area contributed by atoms with Gasteiger partial charge in [-0.25, -0.2) is 0 Å². The highest BCUT2D eigenvalue weighted by Gasteiger charge is 2.14. The Hall–Kier alpha value is 2.19. The summed E-state index contributed by atoms with van der Waals surface area (Å²) in [5.74, 6) is 0. The van der Waals surface area contributed by atoms with Crippen molar-refractivity contribution < 1.29 is 0 Å². The van der Waals surface area contributed by atoms with Gasteiger partial charge in [-0.1, -0.05) is 74.7 Å². The van der Waals surface area contributed by atoms with E-state index in [2.05, 4.69) is 81.1 Å². The van der Waals surface area contributed by atoms with Crippen LogP contribution >= 0.6 is 67.8 Å². The van der Waals surface area contributed by atoms with Crippen LogP contribution < -0.4 is 0 Å². The van der Waals surface area contributed by atoms with Crippen LogP contribution in [-0.4, -0.2) is -0.565 Å². The Morgan fingerprint density at radius 1 is 1.43 bits per heavy atom. The lowest BCUT2D eigenvalue weighted by Crippen LogP contribution is -1.95. The molecule has 0 amide bonds. The molecule has 0 fully saturated rings. The second-order valence-electron chi connectivity index (χ2n) is 1.23. The van der Waals surface area contributed by atoms with Crippen molar-refractivity contribution in [2.45, 2.75) is 12.8 Å². The predicted molar refractivity (Wildman–Crippen MR) is 59.4 cm³/mol. The molecule has 1 radical (unpaired) electrons. The Labute approximate surface area is 85.6 Å². The van der Waals surface area contributed by atoms with Crippen molar-refractivity contribution in [3.05, 3.63) is 6.42 Å². The van der Waals surface area contributed by atoms with Gasteiger partial charge >= 0.3 is 0 Å². The molecule has 0 aromatic carbocycles. The van der Waals surface area contributed by atoms with Gasteiger partial charge < -0.3 is 0 Å². The lowest BCUT2D eigenvalue weighted by molar-refractivity contribution is 1.10. The molecule has 3 heteroatoms. The van der Waals surface area contributed by atoms with Gasteiger partial charge in [0.2, 0.25) is 0 Å². The minimum absolute atomic E-state index is 0.405. The molecule has 0 atom stereocenters. The fourth-order valence-electron chi connectivity index (χ4n) is 0.231. The normalized spacial score (nSPS) is 12.0. The van der Waals surface area contributed by atoms with Crippen molar-refractivity contribution in [2.24, 2.45) is 0 Å². The van der Waals surface area contributed by atoms with E-state index in [9.17, 15) is 0 Å². The van der Waals surface area contributed by atoms with Crippen molar-refractivity contribution in [2.75, 3.05) is 0 Å². The van der Waals surface area contributed by atoms with Crippen molar-refractivity contribution in [1.29, 1.82) is 0 Å². The van der Waals surface area contributed by atoms with Gasteiger partial charge in [-0.2, -0.15) is 0 Å². The third-order valence-corrected chi connectivity index (χ3v) is 1.76. The van der Waals surface area contributed by atoms with Crippen molar-refractivity contribution in [1.82, 2.24) is 0 Å². The fraction of sp³-hybridized carbons (Fsp3) is 0.750. The number of alkyl halides is 3. The summed E-state index contributed by atoms with van der Waals surface area (Å²) < 4.78 is 0.405. The van der Waals surface area contributed by atoms with E-state index < -0.39 is 0 Å². The van der Waals surface area contributed by atoms with E-state index in [1.807, 2.05) is 0 Å². The van der Waals surface area contributed by atoms with E-state index in [1.54, 1.807) is 0 Å². The van der Waals surface area contributed by atoms with Crippen molar-refractivity contribution in [3.8, 4) is 0 Å². The Balaban J connectivity index is 3.15. The molecule has 0 aromatic heterocycles. The van der Waals surface area contributed by atoms with Crippen LogP contribution in [0.3, 0.4) is 0 Å². The molecule has 0 N–H and O–H groups in total. The number of hydrogen-bond acceptors (Lipinski definition) is 0. The smallest absolute Gasteiger partial charge is 0.0621 e. The van der Waals surface area contributed by atoms with Crippen LogP contribution in [0.4, 0.5) is 0 Å². The summed E-state index contributed by atoms with van der Waals surface area (Å²) in [5, 5.41) is 0. The standard InChI is InChI=1S/C4H6I3/c1-2-3-4(5,6)7/h2H,3H2,1H3. The Morgan fingerprint density at radius 3 is 1.86 bits per heavy atom. The van der Waals surface area contributed by atoms with Gasteiger partial charge in [-0.15, -0.1) is 0 Å². The molecule has 0 aliphatic rings. The quantitative estimate of drug-likeness (QED) is 0.460. The second kappa shape index (κ2) is 4.08. The molecule has 43 valence electrons. The minimum atomic E-state index is 0.405. The summed E-state index contributed by atoms with van der Waals surface area (Å²) in [6.45, 7) is 2.09. The highest BCUT2D eigenvalue weighted by molar-refractivity contribution is 14.3. The monoisotopic (exact) mass is 435 g/mol. The molecule has 0 rings (SSSR count). The molecule has 0 saturated carbocycles. The summed E-state index contributed by atoms with van der Waals surface area (Å²) in [7, 11) is 0. The molecule has 0 heterocycles. The van der Waals surface area contributed by atoms with E-state index in [0.29, 0.717) is -0.565 Å². The summed E-state index contributed by atoms with van der Waals surface area (Å²) in [6, 6.07) is 0. The van der Waals surface area contributed by atoms with Crippen LogP contribution in [0.5, 0.6) is 0 Å². The largest absolute Gasteiger partial charge is 0.124 e. The zero-order chi connectivity index (χ0) is 5.91. The highest BCUT2D eigenvalue weighted by atomic mass is 127. The van der Waals surface area contributed by atoms with Crippen LogP contribution in [-0.2, 0) is 0 Å². The van der Waals surface area contributed by atoms with E-state index in [0.717, 1.165) is 0 Å². The zero-order valence-corrected chi connectivity index (χ0v) is 10.4. The minimum Gasteiger partial charge on any atom is -0.0621 e. The predicted octanol–water partition coefficient (Wildman–Crippen LogP) is 3.56. The van der Waals surface area contributed by atoms with E-state index in [4.69, 9.17) is 0 Å². The summed E-state index contributed by atoms with van der Waals surface area (Å²) in [6.07, 6.45) is 3.36. The Kier molecular flexibility index (Phi) is 5.35. The van der Waals surface area contributed by atoms with E-state index in [-0.39, 0.29) is 0 Å². The first-order chi connectivity index (χ1) is 3.06. The average molecular weight is 435 g/mol. The molecule has 0 saturated heterocycles. The molecule has 7 heavy (non-hydrogen) atoms. The van der Waals surface area contributed by atoms with Gasteiger partial charge in [-0.05, 0) is 12.8 Å². The molecule has 0 aliphatic heterocycles. The number of halogens is 3. The maximum atomic E-state index is 2.42. The van der Waals surface area contributed by atoms with Crippen molar-refractivity contribution >= 4 is 67.8 Å². The summed E-state index contributed by atoms with van der Waals surface area (Å²) in [4.78, 5) is 0. The lowest BCUT2D eigenvalue weighted by atomic mass is 10.4. The molecule has 0 aliphatic carbocycles. The summed E-state index contributed by atoms with van der Waals surface area (Å²) >= 11 is 7.26. The van der Waals surface area contributed by atoms with Crippen LogP contribution in [0.15, 0.2) is 0 Å². The fourth-order valence-corrected chi connectivity index (χ4v) is 1.55. The first kappa shape index (κ1) is 9.19. The average Bonchev–Trinajstić information content (AvgIpc) is 1.30. The Morgan fingerprint density at radius 2 is 1.86 bits per heavy atom. The first-order valence-corrected chi connectivity index (χ1v) is 5.14.